The van der Waals surface area contributed by atoms with Crippen LogP contribution in [-0.4, -0.2) is 28.3 Å². The summed E-state index contributed by atoms with van der Waals surface area (Å²) in [4.78, 5) is 10.9. The highest BCUT2D eigenvalue weighted by Gasteiger charge is 2.19. The van der Waals surface area contributed by atoms with Gasteiger partial charge >= 0.3 is 5.97 Å². The average molecular weight is 203 g/mol. The van der Waals surface area contributed by atoms with Gasteiger partial charge in [0.25, 0.3) is 0 Å². The summed E-state index contributed by atoms with van der Waals surface area (Å²) in [6, 6.07) is 1.87. The van der Waals surface area contributed by atoms with E-state index in [0.29, 0.717) is 0 Å². The SMILES string of the molecule is COC(=O)C(C)CS(=O)C(C)C#N. The zero-order valence-electron chi connectivity index (χ0n) is 7.94. The monoisotopic (exact) mass is 203 g/mol. The minimum Gasteiger partial charge on any atom is -0.469 e. The third kappa shape index (κ3) is 4.04. The third-order valence-electron chi connectivity index (χ3n) is 1.59. The number of nitriles is 1. The maximum Gasteiger partial charge on any atom is 0.309 e. The molecule has 74 valence electrons. The van der Waals surface area contributed by atoms with E-state index in [1.807, 2.05) is 6.07 Å². The molecular formula is C8H13NO3S. The van der Waals surface area contributed by atoms with Gasteiger partial charge in [-0.2, -0.15) is 5.26 Å². The van der Waals surface area contributed by atoms with Gasteiger partial charge in [-0.3, -0.25) is 9.00 Å². The molecule has 0 bridgehead atoms. The molecule has 0 spiro atoms. The molecule has 0 aliphatic rings. The second-order valence-corrected chi connectivity index (χ2v) is 4.54. The Balaban J connectivity index is 4.08. The van der Waals surface area contributed by atoms with Crippen LogP contribution in [0.5, 0.6) is 0 Å². The lowest BCUT2D eigenvalue weighted by molar-refractivity contribution is -0.144. The van der Waals surface area contributed by atoms with Crippen molar-refractivity contribution in [2.24, 2.45) is 5.92 Å². The Morgan fingerprint density at radius 2 is 2.15 bits per heavy atom. The van der Waals surface area contributed by atoms with Crippen LogP contribution in [0.1, 0.15) is 13.8 Å². The molecule has 0 aromatic heterocycles. The van der Waals surface area contributed by atoms with Gasteiger partial charge in [0, 0.05) is 16.6 Å². The van der Waals surface area contributed by atoms with Crippen molar-refractivity contribution in [1.29, 1.82) is 5.26 Å². The number of esters is 1. The fraction of sp³-hybridized carbons (Fsp3) is 0.750. The van der Waals surface area contributed by atoms with Crippen molar-refractivity contribution < 1.29 is 13.7 Å². The van der Waals surface area contributed by atoms with Gasteiger partial charge in [0.2, 0.25) is 0 Å². The van der Waals surface area contributed by atoms with E-state index in [9.17, 15) is 9.00 Å². The molecule has 3 unspecified atom stereocenters. The fourth-order valence-corrected chi connectivity index (χ4v) is 1.75. The lowest BCUT2D eigenvalue weighted by Gasteiger charge is -2.09. The van der Waals surface area contributed by atoms with Gasteiger partial charge in [0.15, 0.2) is 0 Å². The zero-order chi connectivity index (χ0) is 10.4. The molecule has 0 aromatic rings. The summed E-state index contributed by atoms with van der Waals surface area (Å²) in [6.07, 6.45) is 0. The summed E-state index contributed by atoms with van der Waals surface area (Å²) in [5.41, 5.74) is 0. The van der Waals surface area contributed by atoms with E-state index < -0.39 is 27.9 Å². The Kier molecular flexibility index (Phi) is 5.31. The smallest absolute Gasteiger partial charge is 0.309 e. The number of carbonyl (C=O) groups excluding carboxylic acids is 1. The van der Waals surface area contributed by atoms with Crippen molar-refractivity contribution in [2.45, 2.75) is 19.1 Å². The summed E-state index contributed by atoms with van der Waals surface area (Å²) >= 11 is 0. The van der Waals surface area contributed by atoms with Gasteiger partial charge in [-0.1, -0.05) is 6.92 Å². The van der Waals surface area contributed by atoms with Gasteiger partial charge in [-0.05, 0) is 6.92 Å². The van der Waals surface area contributed by atoms with Crippen LogP contribution in [-0.2, 0) is 20.3 Å². The predicted molar refractivity (Wildman–Crippen MR) is 49.3 cm³/mol. The molecule has 4 nitrogen and oxygen atoms in total. The molecule has 5 heteroatoms. The fourth-order valence-electron chi connectivity index (χ4n) is 0.719. The normalized spacial score (nSPS) is 16.8. The Hall–Kier alpha value is -0.890. The van der Waals surface area contributed by atoms with Crippen molar-refractivity contribution in [3.8, 4) is 6.07 Å². The summed E-state index contributed by atoms with van der Waals surface area (Å²) in [6.45, 7) is 3.20. The highest BCUT2D eigenvalue weighted by Crippen LogP contribution is 2.04. The van der Waals surface area contributed by atoms with E-state index in [1.165, 1.54) is 7.11 Å². The molecule has 0 aliphatic heterocycles. The van der Waals surface area contributed by atoms with Crippen LogP contribution >= 0.6 is 0 Å². The maximum absolute atomic E-state index is 11.3. The van der Waals surface area contributed by atoms with E-state index in [-0.39, 0.29) is 5.75 Å². The Morgan fingerprint density at radius 3 is 2.54 bits per heavy atom. The van der Waals surface area contributed by atoms with E-state index in [4.69, 9.17) is 5.26 Å². The molecule has 0 saturated heterocycles. The molecule has 0 aromatic carbocycles. The summed E-state index contributed by atoms with van der Waals surface area (Å²) in [5.74, 6) is -0.623. The first kappa shape index (κ1) is 12.1. The average Bonchev–Trinajstić information content (AvgIpc) is 2.14. The van der Waals surface area contributed by atoms with Crippen molar-refractivity contribution in [1.82, 2.24) is 0 Å². The van der Waals surface area contributed by atoms with Crippen molar-refractivity contribution in [2.75, 3.05) is 12.9 Å². The van der Waals surface area contributed by atoms with Crippen molar-refractivity contribution in [3.63, 3.8) is 0 Å². The second-order valence-electron chi connectivity index (χ2n) is 2.74. The van der Waals surface area contributed by atoms with Crippen LogP contribution in [0.4, 0.5) is 0 Å². The third-order valence-corrected chi connectivity index (χ3v) is 3.32. The van der Waals surface area contributed by atoms with Gasteiger partial charge < -0.3 is 4.74 Å². The van der Waals surface area contributed by atoms with Crippen molar-refractivity contribution in [3.05, 3.63) is 0 Å². The van der Waals surface area contributed by atoms with Gasteiger partial charge in [0.1, 0.15) is 5.25 Å². The van der Waals surface area contributed by atoms with Crippen LogP contribution < -0.4 is 0 Å². The van der Waals surface area contributed by atoms with E-state index in [2.05, 4.69) is 4.74 Å². The number of methoxy groups -OCH3 is 1. The lowest BCUT2D eigenvalue weighted by atomic mass is 10.2. The largest absolute Gasteiger partial charge is 0.469 e. The Bertz CT molecular complexity index is 246. The van der Waals surface area contributed by atoms with E-state index >= 15 is 0 Å². The highest BCUT2D eigenvalue weighted by atomic mass is 32.2. The molecule has 0 radical (unpaired) electrons. The van der Waals surface area contributed by atoms with Crippen molar-refractivity contribution >= 4 is 16.8 Å². The number of hydrogen-bond acceptors (Lipinski definition) is 4. The second kappa shape index (κ2) is 5.70. The minimum absolute atomic E-state index is 0.182. The molecule has 0 saturated carbocycles. The molecule has 0 heterocycles. The van der Waals surface area contributed by atoms with Crippen LogP contribution in [0, 0.1) is 17.2 Å². The molecule has 0 rings (SSSR count). The first-order valence-electron chi connectivity index (χ1n) is 3.87. The van der Waals surface area contributed by atoms with E-state index in [1.54, 1.807) is 13.8 Å². The number of hydrogen-bond donors (Lipinski definition) is 0. The van der Waals surface area contributed by atoms with Gasteiger partial charge in [-0.15, -0.1) is 0 Å². The number of nitrogens with zero attached hydrogens (tertiary/aromatic N) is 1. The maximum atomic E-state index is 11.3. The van der Waals surface area contributed by atoms with Crippen LogP contribution in [0.25, 0.3) is 0 Å². The van der Waals surface area contributed by atoms with Gasteiger partial charge in [-0.25, -0.2) is 0 Å². The van der Waals surface area contributed by atoms with E-state index in [0.717, 1.165) is 0 Å². The quantitative estimate of drug-likeness (QED) is 0.622. The number of rotatable bonds is 4. The van der Waals surface area contributed by atoms with Crippen LogP contribution in [0.15, 0.2) is 0 Å². The van der Waals surface area contributed by atoms with Gasteiger partial charge in [0.05, 0.1) is 19.1 Å². The first-order valence-corrected chi connectivity index (χ1v) is 5.25. The van der Waals surface area contributed by atoms with Crippen LogP contribution in [0.2, 0.25) is 0 Å². The van der Waals surface area contributed by atoms with Crippen LogP contribution in [0.3, 0.4) is 0 Å². The number of carbonyl (C=O) groups is 1. The highest BCUT2D eigenvalue weighted by molar-refractivity contribution is 7.85. The minimum atomic E-state index is -1.28. The Morgan fingerprint density at radius 1 is 1.62 bits per heavy atom. The molecule has 3 atom stereocenters. The summed E-state index contributed by atoms with van der Waals surface area (Å²) in [5, 5.41) is 7.92. The molecular weight excluding hydrogens is 190 g/mol. The Labute approximate surface area is 80.3 Å². The molecule has 13 heavy (non-hydrogen) atoms. The zero-order valence-corrected chi connectivity index (χ0v) is 8.76. The lowest BCUT2D eigenvalue weighted by Crippen LogP contribution is -2.23. The molecule has 0 fully saturated rings. The number of ether oxygens (including phenoxy) is 1. The standard InChI is InChI=1S/C8H13NO3S/c1-6(8(10)12-3)5-13(11)7(2)4-9/h6-7H,5H2,1-3H3. The predicted octanol–water partition coefficient (Wildman–Crippen LogP) is 0.456. The molecule has 0 aliphatic carbocycles. The molecule has 0 amide bonds. The summed E-state index contributed by atoms with van der Waals surface area (Å²) in [7, 11) is 0.00817. The first-order chi connectivity index (χ1) is 6.02. The molecule has 0 N–H and O–H groups in total. The topological polar surface area (TPSA) is 67.2 Å². The summed E-state index contributed by atoms with van der Waals surface area (Å²) < 4.78 is 15.8.